The molecule has 0 N–H and O–H groups in total. The third-order valence-electron chi connectivity index (χ3n) is 11.4. The fourth-order valence-corrected chi connectivity index (χ4v) is 8.63. The number of aromatic nitrogens is 2. The van der Waals surface area contributed by atoms with Gasteiger partial charge >= 0.3 is 6.18 Å². The van der Waals surface area contributed by atoms with Crippen LogP contribution in [0.2, 0.25) is 0 Å². The lowest BCUT2D eigenvalue weighted by Gasteiger charge is -2.20. The van der Waals surface area contributed by atoms with Crippen LogP contribution in [0.25, 0.3) is 88.4 Å². The lowest BCUT2D eigenvalue weighted by molar-refractivity contribution is -0.137. The van der Waals surface area contributed by atoms with Gasteiger partial charge < -0.3 is 9.13 Å². The van der Waals surface area contributed by atoms with Gasteiger partial charge in [0, 0.05) is 27.1 Å². The second-order valence-corrected chi connectivity index (χ2v) is 15.0. The second-order valence-electron chi connectivity index (χ2n) is 15.0. The average Bonchev–Trinajstić information content (AvgIpc) is 3.82. The summed E-state index contributed by atoms with van der Waals surface area (Å²) in [4.78, 5) is 0. The molecule has 2 aromatic heterocycles. The highest BCUT2D eigenvalue weighted by atomic mass is 19.4. The summed E-state index contributed by atoms with van der Waals surface area (Å²) in [6.07, 6.45) is -4.75. The van der Waals surface area contributed by atoms with E-state index >= 15 is 0 Å². The first kappa shape index (κ1) is 37.4. The van der Waals surface area contributed by atoms with Gasteiger partial charge in [-0.05, 0) is 107 Å². The second kappa shape index (κ2) is 14.4. The Morgan fingerprint density at radius 2 is 0.839 bits per heavy atom. The maximum absolute atomic E-state index is 14.4. The summed E-state index contributed by atoms with van der Waals surface area (Å²) in [7, 11) is 0. The molecule has 8 aromatic carbocycles. The van der Waals surface area contributed by atoms with Crippen molar-refractivity contribution in [1.82, 2.24) is 9.13 Å². The van der Waals surface area contributed by atoms with Crippen LogP contribution in [0.15, 0.2) is 164 Å². The predicted octanol–water partition coefficient (Wildman–Crippen LogP) is 13.4. The molecular weight excluding hydrogens is 778 g/mol. The minimum atomic E-state index is -4.75. The molecule has 9 heteroatoms. The van der Waals surface area contributed by atoms with Gasteiger partial charge in [0.25, 0.3) is 0 Å². The predicted molar refractivity (Wildman–Crippen MR) is 235 cm³/mol. The van der Waals surface area contributed by atoms with Crippen LogP contribution in [0, 0.1) is 45.3 Å². The molecule has 10 aromatic rings. The fourth-order valence-electron chi connectivity index (χ4n) is 8.63. The van der Waals surface area contributed by atoms with E-state index in [0.29, 0.717) is 22.5 Å². The molecule has 2 heterocycles. The van der Waals surface area contributed by atoms with Gasteiger partial charge in [0.15, 0.2) is 0 Å². The summed E-state index contributed by atoms with van der Waals surface area (Å²) in [5.41, 5.74) is 7.90. The SMILES string of the molecule is N#Cc1cccc(-c2ccc3c4ccccc4n(-c4cc(C#N)c(-c5cc(C#N)cc(C(F)(F)F)c5)cc4-n4c5ccccc5c5ccc(-c6cccc(C#N)c6)cc54)c3c2)c1. The van der Waals surface area contributed by atoms with Crippen LogP contribution in [0.1, 0.15) is 27.8 Å². The van der Waals surface area contributed by atoms with E-state index < -0.39 is 11.7 Å². The molecule has 0 unspecified atom stereocenters. The van der Waals surface area contributed by atoms with E-state index in [4.69, 9.17) is 0 Å². The number of hydrogen-bond acceptors (Lipinski definition) is 4. The number of nitrogens with zero attached hydrogens (tertiary/aromatic N) is 6. The Hall–Kier alpha value is -8.89. The molecule has 0 amide bonds. The molecule has 0 aliphatic heterocycles. The Labute approximate surface area is 352 Å². The van der Waals surface area contributed by atoms with E-state index in [1.165, 1.54) is 6.07 Å². The number of para-hydroxylation sites is 2. The molecule has 10 rings (SSSR count). The Kier molecular flexibility index (Phi) is 8.70. The highest BCUT2D eigenvalue weighted by Gasteiger charge is 2.32. The van der Waals surface area contributed by atoms with E-state index in [2.05, 4.69) is 27.3 Å². The topological polar surface area (TPSA) is 105 Å². The van der Waals surface area contributed by atoms with Crippen molar-refractivity contribution in [2.45, 2.75) is 6.18 Å². The van der Waals surface area contributed by atoms with Crippen LogP contribution in [0.5, 0.6) is 0 Å². The van der Waals surface area contributed by atoms with Gasteiger partial charge in [-0.1, -0.05) is 84.9 Å². The quantitative estimate of drug-likeness (QED) is 0.173. The lowest BCUT2D eigenvalue weighted by Crippen LogP contribution is -2.07. The standard InChI is InChI=1S/C53H27F3N6/c54-53(55,56)41-22-34(30-59)21-39(23-41)46-27-52(62-48-14-4-2-12-43(48)45-18-16-38(25-50(45)62)36-10-6-8-33(20-36)29-58)51(26-40(46)31-60)61-47-13-3-1-11-42(47)44-17-15-37(24-49(44)61)35-9-5-7-32(19-35)28-57/h1-27H. The Balaban J connectivity index is 1.36. The number of hydrogen-bond donors (Lipinski definition) is 0. The van der Waals surface area contributed by atoms with Gasteiger partial charge in [0.2, 0.25) is 0 Å². The summed E-state index contributed by atoms with van der Waals surface area (Å²) in [6.45, 7) is 0. The van der Waals surface area contributed by atoms with Crippen molar-refractivity contribution in [2.24, 2.45) is 0 Å². The number of nitriles is 4. The summed E-state index contributed by atoms with van der Waals surface area (Å²) in [6, 6.07) is 57.9. The molecule has 0 saturated heterocycles. The van der Waals surface area contributed by atoms with Gasteiger partial charge in [0.1, 0.15) is 0 Å². The van der Waals surface area contributed by atoms with Crippen molar-refractivity contribution in [1.29, 1.82) is 21.0 Å². The Morgan fingerprint density at radius 1 is 0.371 bits per heavy atom. The number of fused-ring (bicyclic) bond motifs is 6. The maximum atomic E-state index is 14.4. The average molecular weight is 805 g/mol. The van der Waals surface area contributed by atoms with Crippen LogP contribution < -0.4 is 0 Å². The lowest BCUT2D eigenvalue weighted by atomic mass is 9.94. The summed E-state index contributed by atoms with van der Waals surface area (Å²) in [5.74, 6) is 0. The third kappa shape index (κ3) is 6.09. The maximum Gasteiger partial charge on any atom is 0.416 e. The molecule has 0 saturated carbocycles. The Morgan fingerprint density at radius 3 is 1.34 bits per heavy atom. The molecule has 0 fully saturated rings. The zero-order valence-electron chi connectivity index (χ0n) is 32.4. The zero-order chi connectivity index (χ0) is 42.7. The van der Waals surface area contributed by atoms with Crippen LogP contribution in [0.3, 0.4) is 0 Å². The third-order valence-corrected chi connectivity index (χ3v) is 11.4. The minimum absolute atomic E-state index is 0.0670. The highest BCUT2D eigenvalue weighted by Crippen LogP contribution is 2.43. The minimum Gasteiger partial charge on any atom is -0.307 e. The molecule has 0 aliphatic rings. The number of benzene rings is 8. The molecule has 0 atom stereocenters. The van der Waals surface area contributed by atoms with Crippen LogP contribution in [-0.4, -0.2) is 9.13 Å². The summed E-state index contributed by atoms with van der Waals surface area (Å²) in [5, 5.41) is 43.9. The van der Waals surface area contributed by atoms with E-state index in [9.17, 15) is 34.2 Å². The molecule has 62 heavy (non-hydrogen) atoms. The van der Waals surface area contributed by atoms with Gasteiger partial charge in [-0.2, -0.15) is 34.2 Å². The van der Waals surface area contributed by atoms with E-state index in [0.717, 1.165) is 78.0 Å². The summed E-state index contributed by atoms with van der Waals surface area (Å²) >= 11 is 0. The van der Waals surface area contributed by atoms with Crippen molar-refractivity contribution < 1.29 is 13.2 Å². The van der Waals surface area contributed by atoms with Gasteiger partial charge in [-0.25, -0.2) is 0 Å². The van der Waals surface area contributed by atoms with Crippen molar-refractivity contribution in [3.05, 3.63) is 192 Å². The molecule has 6 nitrogen and oxygen atoms in total. The largest absolute Gasteiger partial charge is 0.416 e. The van der Waals surface area contributed by atoms with Gasteiger partial charge in [0.05, 0.1) is 85.5 Å². The molecule has 0 spiro atoms. The number of rotatable bonds is 5. The monoisotopic (exact) mass is 804 g/mol. The smallest absolute Gasteiger partial charge is 0.307 e. The zero-order valence-corrected chi connectivity index (χ0v) is 32.4. The van der Waals surface area contributed by atoms with Crippen molar-refractivity contribution in [3.8, 4) is 69.0 Å². The van der Waals surface area contributed by atoms with Crippen LogP contribution in [-0.2, 0) is 6.18 Å². The molecule has 0 aliphatic carbocycles. The van der Waals surface area contributed by atoms with E-state index in [1.54, 1.807) is 24.3 Å². The first-order valence-electron chi connectivity index (χ1n) is 19.5. The number of halogens is 3. The Bertz CT molecular complexity index is 3690. The first-order chi connectivity index (χ1) is 30.2. The molecular formula is C53H27F3N6. The van der Waals surface area contributed by atoms with Crippen molar-refractivity contribution in [2.75, 3.05) is 0 Å². The summed E-state index contributed by atoms with van der Waals surface area (Å²) < 4.78 is 47.3. The molecule has 0 radical (unpaired) electrons. The van der Waals surface area contributed by atoms with Gasteiger partial charge in [-0.15, -0.1) is 0 Å². The molecule has 290 valence electrons. The van der Waals surface area contributed by atoms with E-state index in [1.807, 2.05) is 127 Å². The number of alkyl halides is 3. The highest BCUT2D eigenvalue weighted by molar-refractivity contribution is 6.13. The fraction of sp³-hybridized carbons (Fsp3) is 0.0189. The van der Waals surface area contributed by atoms with Crippen molar-refractivity contribution in [3.63, 3.8) is 0 Å². The van der Waals surface area contributed by atoms with Crippen LogP contribution >= 0.6 is 0 Å². The van der Waals surface area contributed by atoms with Crippen LogP contribution in [0.4, 0.5) is 13.2 Å². The first-order valence-corrected chi connectivity index (χ1v) is 19.5. The van der Waals surface area contributed by atoms with Crippen molar-refractivity contribution >= 4 is 43.6 Å². The van der Waals surface area contributed by atoms with E-state index in [-0.39, 0.29) is 22.3 Å². The van der Waals surface area contributed by atoms with Gasteiger partial charge in [-0.3, -0.25) is 0 Å². The molecule has 0 bridgehead atoms. The normalized spacial score (nSPS) is 11.4.